The lowest BCUT2D eigenvalue weighted by Gasteiger charge is -2.01. The molecule has 0 heterocycles. The van der Waals surface area contributed by atoms with Gasteiger partial charge >= 0.3 is 12.1 Å². The summed E-state index contributed by atoms with van der Waals surface area (Å²) in [5.41, 5.74) is 0. The number of carboxylic acids is 1. The van der Waals surface area contributed by atoms with E-state index in [0.29, 0.717) is 0 Å². The molecule has 1 amide bonds. The van der Waals surface area contributed by atoms with Crippen LogP contribution in [0, 0.1) is 0 Å². The van der Waals surface area contributed by atoms with Gasteiger partial charge in [-0.05, 0) is 6.08 Å². The van der Waals surface area contributed by atoms with Crippen LogP contribution in [0.5, 0.6) is 0 Å². The van der Waals surface area contributed by atoms with Crippen molar-refractivity contribution in [1.29, 1.82) is 0 Å². The molecule has 0 rings (SSSR count). The van der Waals surface area contributed by atoms with E-state index in [0.717, 1.165) is 6.08 Å². The van der Waals surface area contributed by atoms with E-state index in [1.165, 1.54) is 6.08 Å². The fraction of sp³-hybridized carbons (Fsp3) is 0.250. The number of carbonyl (C=O) groups excluding carboxylic acids is 1. The first-order chi connectivity index (χ1) is 6.57. The number of hydrogen-bond donors (Lipinski definition) is 2. The second-order valence-corrected chi connectivity index (χ2v) is 2.13. The molecule has 0 fully saturated rings. The number of carboxylic acid groups (broad SMARTS) is 1. The second-order valence-electron chi connectivity index (χ2n) is 2.13. The molecule has 0 aromatic rings. The van der Waals surface area contributed by atoms with Gasteiger partial charge < -0.3 is 15.2 Å². The third-order valence-electron chi connectivity index (χ3n) is 1.06. The van der Waals surface area contributed by atoms with Crippen LogP contribution in [0.25, 0.3) is 0 Å². The molecule has 0 aromatic carbocycles. The van der Waals surface area contributed by atoms with Gasteiger partial charge in [0, 0.05) is 6.54 Å². The van der Waals surface area contributed by atoms with Gasteiger partial charge in [0.2, 0.25) is 5.83 Å². The number of alkyl carbamates (subject to hydrolysis) is 1. The monoisotopic (exact) mass is 203 g/mol. The molecule has 78 valence electrons. The zero-order valence-corrected chi connectivity index (χ0v) is 7.33. The van der Waals surface area contributed by atoms with E-state index >= 15 is 0 Å². The fourth-order valence-corrected chi connectivity index (χ4v) is 0.497. The lowest BCUT2D eigenvalue weighted by molar-refractivity contribution is -0.134. The average Bonchev–Trinajstić information content (AvgIpc) is 2.14. The van der Waals surface area contributed by atoms with Crippen LogP contribution < -0.4 is 5.32 Å². The predicted molar refractivity (Wildman–Crippen MR) is 46.4 cm³/mol. The van der Waals surface area contributed by atoms with Gasteiger partial charge in [0.1, 0.15) is 6.61 Å². The molecule has 0 saturated carbocycles. The van der Waals surface area contributed by atoms with Gasteiger partial charge in [-0.1, -0.05) is 12.7 Å². The van der Waals surface area contributed by atoms with Crippen LogP contribution in [0.15, 0.2) is 24.6 Å². The van der Waals surface area contributed by atoms with Crippen molar-refractivity contribution in [1.82, 2.24) is 5.32 Å². The highest BCUT2D eigenvalue weighted by atomic mass is 19.1. The molecule has 2 N–H and O–H groups in total. The quantitative estimate of drug-likeness (QED) is 0.512. The zero-order chi connectivity index (χ0) is 11.0. The Bertz CT molecular complexity index is 262. The Morgan fingerprint density at radius 2 is 2.21 bits per heavy atom. The van der Waals surface area contributed by atoms with E-state index in [2.05, 4.69) is 16.6 Å². The molecule has 6 heteroatoms. The molecule has 0 unspecified atom stereocenters. The first kappa shape index (κ1) is 12.2. The predicted octanol–water partition coefficient (Wildman–Crippen LogP) is 0.837. The summed E-state index contributed by atoms with van der Waals surface area (Å²) in [4.78, 5) is 20.6. The molecule has 0 aromatic heterocycles. The molecule has 14 heavy (non-hydrogen) atoms. The van der Waals surface area contributed by atoms with E-state index < -0.39 is 17.9 Å². The highest BCUT2D eigenvalue weighted by molar-refractivity contribution is 5.84. The summed E-state index contributed by atoms with van der Waals surface area (Å²) < 4.78 is 16.7. The summed E-state index contributed by atoms with van der Waals surface area (Å²) in [6, 6.07) is 0. The number of rotatable bonds is 5. The number of carbonyl (C=O) groups is 2. The minimum Gasteiger partial charge on any atom is -0.476 e. The van der Waals surface area contributed by atoms with Gasteiger partial charge in [-0.15, -0.1) is 0 Å². The average molecular weight is 203 g/mol. The van der Waals surface area contributed by atoms with Crippen molar-refractivity contribution < 1.29 is 23.8 Å². The van der Waals surface area contributed by atoms with Crippen LogP contribution in [0.1, 0.15) is 0 Å². The summed E-state index contributed by atoms with van der Waals surface area (Å²) in [7, 11) is 0. The third-order valence-corrected chi connectivity index (χ3v) is 1.06. The van der Waals surface area contributed by atoms with Gasteiger partial charge in [-0.25, -0.2) is 9.59 Å². The van der Waals surface area contributed by atoms with E-state index in [1.807, 2.05) is 0 Å². The largest absolute Gasteiger partial charge is 0.476 e. The number of hydrogen-bond acceptors (Lipinski definition) is 3. The summed E-state index contributed by atoms with van der Waals surface area (Å²) in [5.74, 6) is -3.00. The summed E-state index contributed by atoms with van der Waals surface area (Å²) in [6.07, 6.45) is 1.32. The Kier molecular flexibility index (Phi) is 5.77. The van der Waals surface area contributed by atoms with Crippen LogP contribution in [0.3, 0.4) is 0 Å². The normalized spacial score (nSPS) is 10.5. The van der Waals surface area contributed by atoms with Gasteiger partial charge in [0.15, 0.2) is 0 Å². The van der Waals surface area contributed by atoms with Crippen LogP contribution in [0.4, 0.5) is 9.18 Å². The van der Waals surface area contributed by atoms with Crippen molar-refractivity contribution in [2.24, 2.45) is 0 Å². The molecule has 0 saturated heterocycles. The molecular formula is C8H10FNO4. The molecule has 0 aliphatic rings. The maximum atomic E-state index is 12.3. The molecule has 0 aliphatic heterocycles. The minimum absolute atomic E-state index is 0.0387. The van der Waals surface area contributed by atoms with Gasteiger partial charge in [-0.3, -0.25) is 0 Å². The van der Waals surface area contributed by atoms with Crippen molar-refractivity contribution in [3.05, 3.63) is 24.6 Å². The maximum Gasteiger partial charge on any atom is 0.407 e. The molecule has 0 spiro atoms. The van der Waals surface area contributed by atoms with Crippen molar-refractivity contribution in [2.75, 3.05) is 13.2 Å². The number of ether oxygens (including phenoxy) is 1. The Morgan fingerprint density at radius 1 is 1.57 bits per heavy atom. The van der Waals surface area contributed by atoms with E-state index in [4.69, 9.17) is 5.11 Å². The SMILES string of the molecule is C=CCOC(=O)NC/C=C(\F)C(=O)O. The smallest absolute Gasteiger partial charge is 0.407 e. The van der Waals surface area contributed by atoms with Gasteiger partial charge in [0.25, 0.3) is 0 Å². The van der Waals surface area contributed by atoms with E-state index in [-0.39, 0.29) is 13.2 Å². The number of nitrogens with one attached hydrogen (secondary N) is 1. The summed E-state index contributed by atoms with van der Waals surface area (Å²) in [6.45, 7) is 3.11. The van der Waals surface area contributed by atoms with Crippen molar-refractivity contribution in [3.63, 3.8) is 0 Å². The van der Waals surface area contributed by atoms with Crippen LogP contribution in [-0.4, -0.2) is 30.3 Å². The summed E-state index contributed by atoms with van der Waals surface area (Å²) in [5, 5.41) is 10.2. The van der Waals surface area contributed by atoms with Crippen molar-refractivity contribution in [3.8, 4) is 0 Å². The Hall–Kier alpha value is -1.85. The molecule has 0 atom stereocenters. The Labute approximate surface area is 79.9 Å². The van der Waals surface area contributed by atoms with Crippen LogP contribution in [0.2, 0.25) is 0 Å². The lowest BCUT2D eigenvalue weighted by atomic mass is 10.4. The number of aliphatic carboxylic acids is 1. The standard InChI is InChI=1S/C8H10FNO4/c1-2-5-14-8(13)10-4-3-6(9)7(11)12/h2-3H,1,4-5H2,(H,10,13)(H,11,12)/b6-3-. The molecule has 0 radical (unpaired) electrons. The topological polar surface area (TPSA) is 75.6 Å². The van der Waals surface area contributed by atoms with Gasteiger partial charge in [-0.2, -0.15) is 4.39 Å². The second kappa shape index (κ2) is 6.64. The Morgan fingerprint density at radius 3 is 2.71 bits per heavy atom. The van der Waals surface area contributed by atoms with Crippen molar-refractivity contribution >= 4 is 12.1 Å². The zero-order valence-electron chi connectivity index (χ0n) is 7.33. The highest BCUT2D eigenvalue weighted by Crippen LogP contribution is 1.93. The Balaban J connectivity index is 3.73. The first-order valence-electron chi connectivity index (χ1n) is 3.68. The first-order valence-corrected chi connectivity index (χ1v) is 3.68. The lowest BCUT2D eigenvalue weighted by Crippen LogP contribution is -2.24. The summed E-state index contributed by atoms with van der Waals surface area (Å²) >= 11 is 0. The highest BCUT2D eigenvalue weighted by Gasteiger charge is 2.04. The number of halogens is 1. The molecular weight excluding hydrogens is 193 g/mol. The minimum atomic E-state index is -1.67. The van der Waals surface area contributed by atoms with E-state index in [1.54, 1.807) is 0 Å². The fourth-order valence-electron chi connectivity index (χ4n) is 0.497. The number of amides is 1. The van der Waals surface area contributed by atoms with E-state index in [9.17, 15) is 14.0 Å². The maximum absolute atomic E-state index is 12.3. The van der Waals surface area contributed by atoms with Crippen LogP contribution >= 0.6 is 0 Å². The molecule has 0 bridgehead atoms. The third kappa shape index (κ3) is 5.76. The van der Waals surface area contributed by atoms with Gasteiger partial charge in [0.05, 0.1) is 0 Å². The van der Waals surface area contributed by atoms with Crippen LogP contribution in [-0.2, 0) is 9.53 Å². The van der Waals surface area contributed by atoms with Crippen molar-refractivity contribution in [2.45, 2.75) is 0 Å². The molecule has 0 aliphatic carbocycles. The molecule has 5 nitrogen and oxygen atoms in total.